The maximum atomic E-state index is 12.9. The topological polar surface area (TPSA) is 78.9 Å². The second-order valence-electron chi connectivity index (χ2n) is 22.3. The van der Waals surface area contributed by atoms with Crippen molar-refractivity contribution < 1.29 is 28.6 Å². The molecule has 0 radical (unpaired) electrons. The van der Waals surface area contributed by atoms with Crippen LogP contribution in [0.2, 0.25) is 0 Å². The number of carbonyl (C=O) groups excluding carboxylic acids is 3. The number of allylic oxidation sites excluding steroid dienone is 23. The molecule has 0 fully saturated rings. The smallest absolute Gasteiger partial charge is 0.309 e. The fraction of sp³-hybridized carbons (Fsp3) is 0.649. The molecule has 0 amide bonds. The van der Waals surface area contributed by atoms with Gasteiger partial charge in [-0.1, -0.05) is 327 Å². The first kappa shape index (κ1) is 78.3. The van der Waals surface area contributed by atoms with E-state index in [1.165, 1.54) is 141 Å². The van der Waals surface area contributed by atoms with Crippen molar-refractivity contribution in [2.24, 2.45) is 0 Å². The summed E-state index contributed by atoms with van der Waals surface area (Å²) in [5.41, 5.74) is 0. The first-order valence-electron chi connectivity index (χ1n) is 34.3. The van der Waals surface area contributed by atoms with E-state index < -0.39 is 12.1 Å². The summed E-state index contributed by atoms with van der Waals surface area (Å²) in [6.45, 7) is 6.32. The van der Waals surface area contributed by atoms with Crippen LogP contribution in [-0.2, 0) is 28.6 Å². The molecule has 0 saturated carbocycles. The van der Waals surface area contributed by atoms with Crippen LogP contribution in [0.25, 0.3) is 0 Å². The normalized spacial score (nSPS) is 13.0. The standard InChI is InChI=1S/C77H126O6/c1-4-7-10-13-16-19-22-25-28-30-32-34-36-38-40-42-44-46-49-52-55-58-61-64-67-70-76(79)82-73-74(72-81-75(78)69-66-63-60-57-54-51-48-27-24-21-18-15-12-9-6-3)83-77(80)71-68-65-62-59-56-53-50-47-45-43-41-39-37-35-33-31-29-26-23-20-17-14-11-8-5-2/h7,9-10,12,16,18-19,21,25,27-28,32,34,38,40,44,46,48,52,54-55,57,63,66,74H,4-6,8,11,13-15,17,20,22-24,26,29-31,33,35-37,39,41-43,45,47,49-51,53,56,58-62,64-65,67-73H2,1-3H3/b10-7-,12-9-,19-16-,21-18-,28-25-,34-32-,40-38-,46-44-,48-27-,55-52-,57-54-,66-63-. The van der Waals surface area contributed by atoms with Crippen LogP contribution in [0.1, 0.15) is 303 Å². The van der Waals surface area contributed by atoms with E-state index in [0.717, 1.165) is 122 Å². The molecule has 0 N–H and O–H groups in total. The third-order valence-corrected chi connectivity index (χ3v) is 14.4. The van der Waals surface area contributed by atoms with Crippen LogP contribution in [0, 0.1) is 0 Å². The maximum Gasteiger partial charge on any atom is 0.309 e. The summed E-state index contributed by atoms with van der Waals surface area (Å²) in [6.07, 6.45) is 100. The summed E-state index contributed by atoms with van der Waals surface area (Å²) in [7, 11) is 0. The van der Waals surface area contributed by atoms with Gasteiger partial charge in [-0.05, 0) is 103 Å². The lowest BCUT2D eigenvalue weighted by Gasteiger charge is -2.18. The SMILES string of the molecule is CC/C=C\C/C=C\C/C=C\C/C=C\C/C=C\C/C=C\C/C=C\CCCCCC(=O)OCC(COC(=O)C/C=C\C/C=C\C/C=C\C/C=C\C/C=C\CC)OC(=O)CCCCCCCCCCCCCCCCCCCCCCCCCCC. The minimum atomic E-state index is -0.839. The molecule has 0 heterocycles. The van der Waals surface area contributed by atoms with E-state index in [1.54, 1.807) is 6.08 Å². The average molecular weight is 1150 g/mol. The molecule has 0 saturated heterocycles. The largest absolute Gasteiger partial charge is 0.462 e. The third-order valence-electron chi connectivity index (χ3n) is 14.4. The van der Waals surface area contributed by atoms with Gasteiger partial charge in [0.2, 0.25) is 0 Å². The molecule has 0 aliphatic rings. The van der Waals surface area contributed by atoms with E-state index in [9.17, 15) is 14.4 Å². The van der Waals surface area contributed by atoms with Crippen LogP contribution in [0.3, 0.4) is 0 Å². The first-order valence-corrected chi connectivity index (χ1v) is 34.3. The average Bonchev–Trinajstić information content (AvgIpc) is 3.49. The Balaban J connectivity index is 4.46. The number of hydrogen-bond donors (Lipinski definition) is 0. The Morgan fingerprint density at radius 1 is 0.265 bits per heavy atom. The molecule has 0 aliphatic heterocycles. The molecule has 0 bridgehead atoms. The van der Waals surface area contributed by atoms with E-state index in [0.29, 0.717) is 12.8 Å². The fourth-order valence-corrected chi connectivity index (χ4v) is 9.32. The van der Waals surface area contributed by atoms with Crippen molar-refractivity contribution in [1.82, 2.24) is 0 Å². The predicted octanol–water partition coefficient (Wildman–Crippen LogP) is 23.9. The van der Waals surface area contributed by atoms with Gasteiger partial charge in [-0.15, -0.1) is 0 Å². The highest BCUT2D eigenvalue weighted by Crippen LogP contribution is 2.17. The first-order chi connectivity index (χ1) is 41.0. The number of carbonyl (C=O) groups is 3. The maximum absolute atomic E-state index is 12.9. The van der Waals surface area contributed by atoms with Gasteiger partial charge >= 0.3 is 17.9 Å². The summed E-state index contributed by atoms with van der Waals surface area (Å²) in [4.78, 5) is 38.3. The number of unbranched alkanes of at least 4 members (excludes halogenated alkanes) is 27. The Labute approximate surface area is 512 Å². The molecule has 0 aliphatic carbocycles. The summed E-state index contributed by atoms with van der Waals surface area (Å²) in [5.74, 6) is -1.09. The lowest BCUT2D eigenvalue weighted by atomic mass is 10.0. The van der Waals surface area contributed by atoms with Gasteiger partial charge in [0.25, 0.3) is 0 Å². The van der Waals surface area contributed by atoms with E-state index in [1.807, 2.05) is 6.08 Å². The van der Waals surface area contributed by atoms with Crippen LogP contribution in [0.15, 0.2) is 146 Å². The molecule has 6 heteroatoms. The molecule has 1 unspecified atom stereocenters. The Bertz CT molecular complexity index is 1800. The zero-order chi connectivity index (χ0) is 59.9. The Morgan fingerprint density at radius 3 is 0.843 bits per heavy atom. The van der Waals surface area contributed by atoms with Crippen molar-refractivity contribution >= 4 is 17.9 Å². The lowest BCUT2D eigenvalue weighted by Crippen LogP contribution is -2.30. The van der Waals surface area contributed by atoms with Crippen molar-refractivity contribution in [3.8, 4) is 0 Å². The van der Waals surface area contributed by atoms with Gasteiger partial charge in [0.15, 0.2) is 6.10 Å². The van der Waals surface area contributed by atoms with Gasteiger partial charge in [0, 0.05) is 12.8 Å². The quantitative estimate of drug-likeness (QED) is 0.0261. The van der Waals surface area contributed by atoms with Gasteiger partial charge in [-0.2, -0.15) is 0 Å². The summed E-state index contributed by atoms with van der Waals surface area (Å²) in [5, 5.41) is 0. The molecule has 0 aromatic heterocycles. The van der Waals surface area contributed by atoms with Crippen molar-refractivity contribution in [2.45, 2.75) is 309 Å². The molecular formula is C77H126O6. The van der Waals surface area contributed by atoms with Crippen LogP contribution < -0.4 is 0 Å². The second kappa shape index (κ2) is 69.8. The van der Waals surface area contributed by atoms with Crippen molar-refractivity contribution in [1.29, 1.82) is 0 Å². The highest BCUT2D eigenvalue weighted by molar-refractivity contribution is 5.72. The van der Waals surface area contributed by atoms with Crippen molar-refractivity contribution in [3.63, 3.8) is 0 Å². The molecule has 0 aromatic carbocycles. The van der Waals surface area contributed by atoms with Gasteiger partial charge < -0.3 is 14.2 Å². The Kier molecular flexibility index (Phi) is 65.8. The van der Waals surface area contributed by atoms with Crippen LogP contribution >= 0.6 is 0 Å². The highest BCUT2D eigenvalue weighted by Gasteiger charge is 2.19. The number of rotatable bonds is 61. The lowest BCUT2D eigenvalue weighted by molar-refractivity contribution is -0.166. The van der Waals surface area contributed by atoms with E-state index in [4.69, 9.17) is 14.2 Å². The Hall–Kier alpha value is -4.71. The van der Waals surface area contributed by atoms with E-state index in [2.05, 4.69) is 154 Å². The molecule has 83 heavy (non-hydrogen) atoms. The molecule has 470 valence electrons. The van der Waals surface area contributed by atoms with E-state index >= 15 is 0 Å². The van der Waals surface area contributed by atoms with Crippen LogP contribution in [0.4, 0.5) is 0 Å². The highest BCUT2D eigenvalue weighted by atomic mass is 16.6. The zero-order valence-electron chi connectivity index (χ0n) is 53.9. The Morgan fingerprint density at radius 2 is 0.518 bits per heavy atom. The summed E-state index contributed by atoms with van der Waals surface area (Å²) in [6, 6.07) is 0. The minimum absolute atomic E-state index is 0.116. The predicted molar refractivity (Wildman–Crippen MR) is 362 cm³/mol. The summed E-state index contributed by atoms with van der Waals surface area (Å²) < 4.78 is 16.8. The molecule has 6 nitrogen and oxygen atoms in total. The van der Waals surface area contributed by atoms with Crippen molar-refractivity contribution in [2.75, 3.05) is 13.2 Å². The number of hydrogen-bond acceptors (Lipinski definition) is 6. The molecule has 0 rings (SSSR count). The molecular weight excluding hydrogens is 1020 g/mol. The van der Waals surface area contributed by atoms with Gasteiger partial charge in [0.1, 0.15) is 13.2 Å². The molecule has 0 spiro atoms. The molecule has 1 atom stereocenters. The number of ether oxygens (including phenoxy) is 3. The third kappa shape index (κ3) is 68.0. The zero-order valence-corrected chi connectivity index (χ0v) is 53.9. The van der Waals surface area contributed by atoms with Gasteiger partial charge in [-0.25, -0.2) is 0 Å². The van der Waals surface area contributed by atoms with Gasteiger partial charge in [0.05, 0.1) is 6.42 Å². The monoisotopic (exact) mass is 1150 g/mol. The van der Waals surface area contributed by atoms with Crippen LogP contribution in [0.5, 0.6) is 0 Å². The fourth-order valence-electron chi connectivity index (χ4n) is 9.32. The molecule has 0 aromatic rings. The van der Waals surface area contributed by atoms with E-state index in [-0.39, 0.29) is 31.6 Å². The van der Waals surface area contributed by atoms with Crippen LogP contribution in [-0.4, -0.2) is 37.2 Å². The number of esters is 3. The summed E-state index contributed by atoms with van der Waals surface area (Å²) >= 11 is 0. The van der Waals surface area contributed by atoms with Crippen molar-refractivity contribution in [3.05, 3.63) is 146 Å². The second-order valence-corrected chi connectivity index (χ2v) is 22.3. The minimum Gasteiger partial charge on any atom is -0.462 e. The van der Waals surface area contributed by atoms with Gasteiger partial charge in [-0.3, -0.25) is 14.4 Å².